The molecule has 0 N–H and O–H groups in total. The molecule has 1 rings (SSSR count). The molecule has 0 aliphatic rings. The van der Waals surface area contributed by atoms with Gasteiger partial charge in [-0.3, -0.25) is 0 Å². The monoisotopic (exact) mass is 273 g/mol. The van der Waals surface area contributed by atoms with Gasteiger partial charge >= 0.3 is 0 Å². The number of hydrogen-bond acceptors (Lipinski definition) is 1. The highest BCUT2D eigenvalue weighted by atomic mass is 79.9. The summed E-state index contributed by atoms with van der Waals surface area (Å²) in [7, 11) is 0. The third-order valence-corrected chi connectivity index (χ3v) is 2.42. The van der Waals surface area contributed by atoms with Crippen molar-refractivity contribution in [1.29, 1.82) is 0 Å². The van der Waals surface area contributed by atoms with Gasteiger partial charge in [-0.05, 0) is 5.56 Å². The van der Waals surface area contributed by atoms with Crippen molar-refractivity contribution < 1.29 is 13.2 Å². The zero-order chi connectivity index (χ0) is 10.0. The van der Waals surface area contributed by atoms with Crippen molar-refractivity contribution in [3.63, 3.8) is 0 Å². The van der Waals surface area contributed by atoms with Gasteiger partial charge in [-0.25, -0.2) is 13.8 Å². The lowest BCUT2D eigenvalue weighted by molar-refractivity contribution is 0.150. The molecule has 1 aromatic heterocycles. The number of rotatable bonds is 2. The molecule has 0 fully saturated rings. The molecule has 0 saturated carbocycles. The minimum atomic E-state index is -2.79. The lowest BCUT2D eigenvalue weighted by Crippen LogP contribution is -1.98. The van der Waals surface area contributed by atoms with E-state index in [0.717, 1.165) is 6.20 Å². The second-order valence-electron chi connectivity index (χ2n) is 2.24. The maximum absolute atomic E-state index is 12.7. The second kappa shape index (κ2) is 4.28. The lowest BCUT2D eigenvalue weighted by Gasteiger charge is -2.07. The number of nitrogens with zero attached hydrogens (tertiary/aromatic N) is 1. The van der Waals surface area contributed by atoms with Crippen molar-refractivity contribution in [1.82, 2.24) is 4.98 Å². The van der Waals surface area contributed by atoms with Crippen LogP contribution < -0.4 is 0 Å². The van der Waals surface area contributed by atoms with E-state index < -0.39 is 23.0 Å². The van der Waals surface area contributed by atoms with Crippen LogP contribution in [0.3, 0.4) is 0 Å². The third-order valence-electron chi connectivity index (χ3n) is 1.46. The minimum absolute atomic E-state index is 0.166. The number of alkyl halides is 3. The van der Waals surface area contributed by atoms with Crippen LogP contribution in [0.15, 0.2) is 6.20 Å². The molecular formula is C7H4BrClF3N. The van der Waals surface area contributed by atoms with Gasteiger partial charge in [0, 0.05) is 17.1 Å². The van der Waals surface area contributed by atoms with Gasteiger partial charge in [-0.1, -0.05) is 27.5 Å². The molecule has 1 nitrogen and oxygen atoms in total. The van der Waals surface area contributed by atoms with Crippen molar-refractivity contribution in [3.05, 3.63) is 28.3 Å². The normalized spacial score (nSPS) is 10.9. The maximum Gasteiger partial charge on any atom is 0.265 e. The molecule has 0 radical (unpaired) electrons. The summed E-state index contributed by atoms with van der Waals surface area (Å²) in [6.07, 6.45) is -1.75. The number of pyridine rings is 1. The van der Waals surface area contributed by atoms with Gasteiger partial charge in [0.25, 0.3) is 6.43 Å². The molecule has 13 heavy (non-hydrogen) atoms. The molecule has 0 spiro atoms. The first-order chi connectivity index (χ1) is 6.07. The van der Waals surface area contributed by atoms with E-state index in [1.165, 1.54) is 0 Å². The van der Waals surface area contributed by atoms with Crippen LogP contribution in [0.4, 0.5) is 13.2 Å². The molecule has 0 unspecified atom stereocenters. The van der Waals surface area contributed by atoms with Crippen molar-refractivity contribution >= 4 is 27.5 Å². The first kappa shape index (κ1) is 10.8. The third kappa shape index (κ3) is 2.14. The molecule has 0 atom stereocenters. The topological polar surface area (TPSA) is 12.9 Å². The summed E-state index contributed by atoms with van der Waals surface area (Å²) in [5.41, 5.74) is -0.299. The Labute approximate surface area is 86.0 Å². The van der Waals surface area contributed by atoms with Crippen molar-refractivity contribution in [2.24, 2.45) is 0 Å². The van der Waals surface area contributed by atoms with Gasteiger partial charge < -0.3 is 0 Å². The molecule has 0 aliphatic carbocycles. The smallest absolute Gasteiger partial charge is 0.227 e. The second-order valence-corrected chi connectivity index (χ2v) is 3.17. The van der Waals surface area contributed by atoms with Crippen LogP contribution >= 0.6 is 27.5 Å². The molecule has 72 valence electrons. The van der Waals surface area contributed by atoms with Crippen LogP contribution in [0.5, 0.6) is 0 Å². The van der Waals surface area contributed by atoms with Crippen LogP contribution in [-0.4, -0.2) is 4.98 Å². The molecule has 1 aromatic rings. The van der Waals surface area contributed by atoms with Crippen LogP contribution in [0.25, 0.3) is 0 Å². The molecule has 6 heteroatoms. The van der Waals surface area contributed by atoms with Gasteiger partial charge in [0.2, 0.25) is 5.95 Å². The summed E-state index contributed by atoms with van der Waals surface area (Å²) in [5, 5.41) is -0.438. The Kier molecular flexibility index (Phi) is 3.55. The Morgan fingerprint density at radius 3 is 2.62 bits per heavy atom. The highest BCUT2D eigenvalue weighted by Gasteiger charge is 2.20. The maximum atomic E-state index is 12.7. The SMILES string of the molecule is Fc1ncc(CBr)c(C(F)F)c1Cl. The number of halogens is 5. The van der Waals surface area contributed by atoms with E-state index in [9.17, 15) is 13.2 Å². The number of aromatic nitrogens is 1. The Morgan fingerprint density at radius 2 is 2.15 bits per heavy atom. The van der Waals surface area contributed by atoms with Gasteiger partial charge in [0.05, 0.1) is 0 Å². The molecular weight excluding hydrogens is 270 g/mol. The van der Waals surface area contributed by atoms with Crippen LogP contribution in [0.2, 0.25) is 5.02 Å². The van der Waals surface area contributed by atoms with Gasteiger partial charge in [-0.2, -0.15) is 4.39 Å². The fraction of sp³-hybridized carbons (Fsp3) is 0.286. The van der Waals surface area contributed by atoms with E-state index in [-0.39, 0.29) is 10.9 Å². The predicted octanol–water partition coefficient (Wildman–Crippen LogP) is 3.71. The zero-order valence-electron chi connectivity index (χ0n) is 6.20. The van der Waals surface area contributed by atoms with Gasteiger partial charge in [0.15, 0.2) is 0 Å². The predicted molar refractivity (Wildman–Crippen MR) is 46.8 cm³/mol. The van der Waals surface area contributed by atoms with E-state index in [0.29, 0.717) is 0 Å². The highest BCUT2D eigenvalue weighted by molar-refractivity contribution is 9.08. The van der Waals surface area contributed by atoms with Crippen molar-refractivity contribution in [3.8, 4) is 0 Å². The van der Waals surface area contributed by atoms with Crippen LogP contribution in [0, 0.1) is 5.95 Å². The van der Waals surface area contributed by atoms with E-state index in [2.05, 4.69) is 20.9 Å². The first-order valence-corrected chi connectivity index (χ1v) is 4.74. The summed E-state index contributed by atoms with van der Waals surface area (Å²) >= 11 is 8.31. The summed E-state index contributed by atoms with van der Waals surface area (Å²) in [4.78, 5) is 3.23. The van der Waals surface area contributed by atoms with Gasteiger partial charge in [0.1, 0.15) is 5.02 Å². The molecule has 0 amide bonds. The van der Waals surface area contributed by atoms with E-state index in [1.807, 2.05) is 0 Å². The van der Waals surface area contributed by atoms with Gasteiger partial charge in [-0.15, -0.1) is 0 Å². The minimum Gasteiger partial charge on any atom is -0.227 e. The molecule has 0 aromatic carbocycles. The molecule has 0 aliphatic heterocycles. The lowest BCUT2D eigenvalue weighted by atomic mass is 10.2. The van der Waals surface area contributed by atoms with Crippen molar-refractivity contribution in [2.75, 3.05) is 0 Å². The molecule has 0 bridgehead atoms. The average Bonchev–Trinajstić information content (AvgIpc) is 2.08. The summed E-state index contributed by atoms with van der Waals surface area (Å²) in [5.74, 6) is -1.07. The molecule has 1 heterocycles. The quantitative estimate of drug-likeness (QED) is 0.592. The standard InChI is InChI=1S/C7H4BrClF3N/c8-1-3-2-13-7(12)5(9)4(3)6(10)11/h2,6H,1H2. The average molecular weight is 274 g/mol. The Hall–Kier alpha value is -0.290. The highest BCUT2D eigenvalue weighted by Crippen LogP contribution is 2.32. The van der Waals surface area contributed by atoms with Crippen molar-refractivity contribution in [2.45, 2.75) is 11.8 Å². The summed E-state index contributed by atoms with van der Waals surface area (Å²) < 4.78 is 37.4. The Balaban J connectivity index is 3.32. The fourth-order valence-electron chi connectivity index (χ4n) is 0.855. The number of hydrogen-bond donors (Lipinski definition) is 0. The molecule has 0 saturated heterocycles. The van der Waals surface area contributed by atoms with E-state index in [1.54, 1.807) is 0 Å². The fourth-order valence-corrected chi connectivity index (χ4v) is 1.55. The summed E-state index contributed by atoms with van der Waals surface area (Å²) in [6, 6.07) is 0. The Morgan fingerprint density at radius 1 is 1.54 bits per heavy atom. The summed E-state index contributed by atoms with van der Waals surface area (Å²) in [6.45, 7) is 0. The first-order valence-electron chi connectivity index (χ1n) is 3.24. The largest absolute Gasteiger partial charge is 0.265 e. The van der Waals surface area contributed by atoms with Crippen LogP contribution in [0.1, 0.15) is 17.6 Å². The zero-order valence-corrected chi connectivity index (χ0v) is 8.54. The van der Waals surface area contributed by atoms with E-state index in [4.69, 9.17) is 11.6 Å². The van der Waals surface area contributed by atoms with Crippen LogP contribution in [-0.2, 0) is 5.33 Å². The Bertz CT molecular complexity index is 319. The van der Waals surface area contributed by atoms with E-state index >= 15 is 0 Å².